The number of para-hydroxylation sites is 2. The highest BCUT2D eigenvalue weighted by atomic mass is 16.3. The fraction of sp³-hybridized carbons (Fsp3) is 0.333. The van der Waals surface area contributed by atoms with Crippen molar-refractivity contribution in [1.29, 1.82) is 0 Å². The molecule has 104 valence electrons. The van der Waals surface area contributed by atoms with Crippen LogP contribution in [0.1, 0.15) is 11.3 Å². The van der Waals surface area contributed by atoms with Crippen LogP contribution in [0.4, 0.5) is 17.3 Å². The van der Waals surface area contributed by atoms with Crippen LogP contribution < -0.4 is 9.80 Å². The molecule has 0 bridgehead atoms. The Bertz CT molecular complexity index is 629. The lowest BCUT2D eigenvalue weighted by atomic mass is 10.2. The monoisotopic (exact) mass is 270 g/mol. The van der Waals surface area contributed by atoms with E-state index in [1.807, 2.05) is 19.1 Å². The topological polar surface area (TPSA) is 52.5 Å². The van der Waals surface area contributed by atoms with Gasteiger partial charge in [-0.25, -0.2) is 9.97 Å². The quantitative estimate of drug-likeness (QED) is 0.902. The van der Waals surface area contributed by atoms with Crippen molar-refractivity contribution in [2.24, 2.45) is 0 Å². The molecule has 0 aliphatic carbocycles. The first-order valence-electron chi connectivity index (χ1n) is 6.72. The summed E-state index contributed by atoms with van der Waals surface area (Å²) in [6.07, 6.45) is 1.71. The predicted octanol–water partition coefficient (Wildman–Crippen LogP) is 1.87. The average Bonchev–Trinajstić information content (AvgIpc) is 2.48. The van der Waals surface area contributed by atoms with Gasteiger partial charge >= 0.3 is 0 Å². The Hall–Kier alpha value is -2.14. The molecular formula is C15H18N4O. The summed E-state index contributed by atoms with van der Waals surface area (Å²) in [7, 11) is 2.09. The Morgan fingerprint density at radius 3 is 2.65 bits per heavy atom. The van der Waals surface area contributed by atoms with Crippen LogP contribution in [-0.4, -0.2) is 35.2 Å². The van der Waals surface area contributed by atoms with Crippen molar-refractivity contribution in [3.8, 4) is 0 Å². The number of nitrogens with zero attached hydrogens (tertiary/aromatic N) is 4. The SMILES string of the molecule is Cc1nc(N2CCN(C)c3ccccc32)ncc1CO. The Kier molecular flexibility index (Phi) is 3.28. The first-order valence-corrected chi connectivity index (χ1v) is 6.72. The van der Waals surface area contributed by atoms with Crippen molar-refractivity contribution >= 4 is 17.3 Å². The van der Waals surface area contributed by atoms with E-state index in [1.54, 1.807) is 6.20 Å². The molecule has 0 unspecified atom stereocenters. The number of hydrogen-bond donors (Lipinski definition) is 1. The minimum absolute atomic E-state index is 0.0224. The molecular weight excluding hydrogens is 252 g/mol. The molecule has 0 amide bonds. The first kappa shape index (κ1) is 12.9. The zero-order valence-electron chi connectivity index (χ0n) is 11.7. The van der Waals surface area contributed by atoms with Gasteiger partial charge in [-0.15, -0.1) is 0 Å². The maximum Gasteiger partial charge on any atom is 0.230 e. The van der Waals surface area contributed by atoms with Gasteiger partial charge in [0.2, 0.25) is 5.95 Å². The number of anilines is 3. The highest BCUT2D eigenvalue weighted by Gasteiger charge is 2.22. The summed E-state index contributed by atoms with van der Waals surface area (Å²) in [6.45, 7) is 3.66. The largest absolute Gasteiger partial charge is 0.392 e. The number of hydrogen-bond acceptors (Lipinski definition) is 5. The fourth-order valence-electron chi connectivity index (χ4n) is 2.48. The minimum atomic E-state index is -0.0224. The molecule has 5 nitrogen and oxygen atoms in total. The van der Waals surface area contributed by atoms with Gasteiger partial charge < -0.3 is 14.9 Å². The van der Waals surface area contributed by atoms with E-state index in [2.05, 4.69) is 38.9 Å². The number of aliphatic hydroxyl groups excluding tert-OH is 1. The summed E-state index contributed by atoms with van der Waals surface area (Å²) in [4.78, 5) is 13.3. The molecule has 0 spiro atoms. The lowest BCUT2D eigenvalue weighted by Crippen LogP contribution is -2.37. The van der Waals surface area contributed by atoms with E-state index in [1.165, 1.54) is 5.69 Å². The molecule has 5 heteroatoms. The molecule has 0 saturated heterocycles. The summed E-state index contributed by atoms with van der Waals surface area (Å²) in [5, 5.41) is 9.21. The van der Waals surface area contributed by atoms with Crippen LogP contribution in [0.5, 0.6) is 0 Å². The lowest BCUT2D eigenvalue weighted by molar-refractivity contribution is 0.280. The average molecular weight is 270 g/mol. The van der Waals surface area contributed by atoms with Gasteiger partial charge in [-0.3, -0.25) is 0 Å². The maximum absolute atomic E-state index is 9.21. The normalized spacial score (nSPS) is 14.3. The van der Waals surface area contributed by atoms with Gasteiger partial charge in [-0.1, -0.05) is 12.1 Å². The van der Waals surface area contributed by atoms with Gasteiger partial charge in [0.05, 0.1) is 18.0 Å². The van der Waals surface area contributed by atoms with Crippen molar-refractivity contribution in [2.45, 2.75) is 13.5 Å². The summed E-state index contributed by atoms with van der Waals surface area (Å²) in [5.74, 6) is 0.695. The van der Waals surface area contributed by atoms with Gasteiger partial charge in [0.1, 0.15) is 0 Å². The van der Waals surface area contributed by atoms with E-state index in [0.717, 1.165) is 30.0 Å². The highest BCUT2D eigenvalue weighted by molar-refractivity contribution is 5.77. The second-order valence-corrected chi connectivity index (χ2v) is 5.00. The molecule has 0 atom stereocenters. The third-order valence-corrected chi connectivity index (χ3v) is 3.72. The molecule has 1 aliphatic rings. The molecule has 0 saturated carbocycles. The van der Waals surface area contributed by atoms with E-state index in [0.29, 0.717) is 5.95 Å². The molecule has 1 aromatic heterocycles. The second-order valence-electron chi connectivity index (χ2n) is 5.00. The minimum Gasteiger partial charge on any atom is -0.392 e. The highest BCUT2D eigenvalue weighted by Crippen LogP contribution is 2.35. The second kappa shape index (κ2) is 5.09. The molecule has 0 fully saturated rings. The Morgan fingerprint density at radius 2 is 1.95 bits per heavy atom. The molecule has 20 heavy (non-hydrogen) atoms. The number of rotatable bonds is 2. The molecule has 1 aliphatic heterocycles. The lowest BCUT2D eigenvalue weighted by Gasteiger charge is -2.35. The van der Waals surface area contributed by atoms with Crippen molar-refractivity contribution in [1.82, 2.24) is 9.97 Å². The van der Waals surface area contributed by atoms with Crippen LogP contribution in [0.3, 0.4) is 0 Å². The predicted molar refractivity (Wildman–Crippen MR) is 79.4 cm³/mol. The van der Waals surface area contributed by atoms with Gasteiger partial charge in [-0.2, -0.15) is 0 Å². The molecule has 3 rings (SSSR count). The third kappa shape index (κ3) is 2.10. The molecule has 1 aromatic carbocycles. The van der Waals surface area contributed by atoms with Crippen molar-refractivity contribution < 1.29 is 5.11 Å². The number of aliphatic hydroxyl groups is 1. The zero-order chi connectivity index (χ0) is 14.1. The van der Waals surface area contributed by atoms with E-state index in [-0.39, 0.29) is 6.61 Å². The van der Waals surface area contributed by atoms with Crippen LogP contribution in [0.15, 0.2) is 30.5 Å². The number of likely N-dealkylation sites (N-methyl/N-ethyl adjacent to an activating group) is 1. The summed E-state index contributed by atoms with van der Waals surface area (Å²) in [6, 6.07) is 8.26. The van der Waals surface area contributed by atoms with E-state index < -0.39 is 0 Å². The third-order valence-electron chi connectivity index (χ3n) is 3.72. The molecule has 1 N–H and O–H groups in total. The van der Waals surface area contributed by atoms with Crippen LogP contribution >= 0.6 is 0 Å². The zero-order valence-corrected chi connectivity index (χ0v) is 11.7. The van der Waals surface area contributed by atoms with Crippen LogP contribution in [0.2, 0.25) is 0 Å². The first-order chi connectivity index (χ1) is 9.70. The fourth-order valence-corrected chi connectivity index (χ4v) is 2.48. The molecule has 0 radical (unpaired) electrons. The van der Waals surface area contributed by atoms with Crippen LogP contribution in [0, 0.1) is 6.92 Å². The van der Waals surface area contributed by atoms with Crippen molar-refractivity contribution in [3.05, 3.63) is 41.7 Å². The van der Waals surface area contributed by atoms with Gasteiger partial charge in [-0.05, 0) is 19.1 Å². The number of benzene rings is 1. The van der Waals surface area contributed by atoms with Gasteiger partial charge in [0.15, 0.2) is 0 Å². The summed E-state index contributed by atoms with van der Waals surface area (Å²) >= 11 is 0. The van der Waals surface area contributed by atoms with Crippen LogP contribution in [0.25, 0.3) is 0 Å². The molecule has 2 aromatic rings. The van der Waals surface area contributed by atoms with Gasteiger partial charge in [0.25, 0.3) is 0 Å². The maximum atomic E-state index is 9.21. The van der Waals surface area contributed by atoms with Crippen LogP contribution in [-0.2, 0) is 6.61 Å². The van der Waals surface area contributed by atoms with Crippen molar-refractivity contribution in [3.63, 3.8) is 0 Å². The summed E-state index contributed by atoms with van der Waals surface area (Å²) in [5.41, 5.74) is 3.91. The number of aromatic nitrogens is 2. The summed E-state index contributed by atoms with van der Waals surface area (Å²) < 4.78 is 0. The Labute approximate surface area is 118 Å². The standard InChI is InChI=1S/C15H18N4O/c1-11-12(10-20)9-16-15(17-11)19-8-7-18(2)13-5-3-4-6-14(13)19/h3-6,9,20H,7-8,10H2,1-2H3. The Balaban J connectivity index is 2.03. The molecule has 2 heterocycles. The van der Waals surface area contributed by atoms with Gasteiger partial charge in [0, 0.05) is 37.6 Å². The van der Waals surface area contributed by atoms with E-state index in [4.69, 9.17) is 0 Å². The van der Waals surface area contributed by atoms with E-state index in [9.17, 15) is 5.11 Å². The smallest absolute Gasteiger partial charge is 0.230 e. The number of aryl methyl sites for hydroxylation is 1. The number of fused-ring (bicyclic) bond motifs is 1. The van der Waals surface area contributed by atoms with Crippen molar-refractivity contribution in [2.75, 3.05) is 29.9 Å². The Morgan fingerprint density at radius 1 is 1.20 bits per heavy atom. The van der Waals surface area contributed by atoms with E-state index >= 15 is 0 Å².